The monoisotopic (exact) mass is 1930 g/mol. The molecule has 2 fully saturated rings. The number of hydrogen-bond acceptors (Lipinski definition) is 30. The number of anilines is 2. The number of aliphatic hydroxyl groups is 2. The van der Waals surface area contributed by atoms with Crippen LogP contribution < -0.4 is 9.80 Å². The first-order chi connectivity index (χ1) is 67.4. The molecule has 2 N–H and O–H groups in total. The fourth-order valence-corrected chi connectivity index (χ4v) is 18.1. The van der Waals surface area contributed by atoms with Crippen LogP contribution in [0.1, 0.15) is 133 Å². The van der Waals surface area contributed by atoms with Crippen LogP contribution in [0.15, 0.2) is 289 Å². The summed E-state index contributed by atoms with van der Waals surface area (Å²) in [5.74, 6) is 1.15. The standard InChI is InChI=1S/C26H25N7OS.C26H25N7S.C12H9ClN4OS.C11H11N3O2.C9H7N3O.C8H8FNO2.C6H4FNO/c1-17-15-32(18(2)30-17)22-5-4-19-6-9-31(16-21(19)11-22)26-28-14-24(35-26)25(34)20-10-23(13-27-12-20)33-8-3-7-29-33;1-18-16-32(19(2)30-18)23-5-4-21-6-9-31(17-22(21)12-23)26-28-15-25(34-26)11-20-10-24(14-27-13-20)33-8-3-7-29-33;13-12-15-7-10(19-12)11(18)8-4-9(6-14-5-8)17-3-1-2-16-17;1-2-13-14(3-1)10-6-9(7-12-8-10)11-15-4-5-16-11;13-7-8-4-9(6-10-5-8)12-3-1-2-11-12;9-7-3-6(4-10-5-7)8-11-1-2-12-8;7-6-1-5(4-9)2-8-3-6/h3-5,7-8,10-15,25,34H,6,9,16H2,1-2H3;3-5,7-8,10,12-16H,6,9,11,17H2,1-2H3;1-7,11,18H;1-3,6-8,11H,4-5H2;1-7H;3-5,8H,1-2H2;1-4H. The van der Waals surface area contributed by atoms with Crippen molar-refractivity contribution >= 4 is 68.4 Å². The summed E-state index contributed by atoms with van der Waals surface area (Å²) >= 11 is 10.3. The van der Waals surface area contributed by atoms with E-state index in [0.29, 0.717) is 64.3 Å². The number of fused-ring (bicyclic) bond motifs is 2. The molecule has 2 unspecified atom stereocenters. The number of aliphatic hydroxyl groups excluding tert-OH is 2. The molecule has 0 aliphatic carbocycles. The van der Waals surface area contributed by atoms with E-state index in [1.807, 2.05) is 117 Å². The van der Waals surface area contributed by atoms with Crippen LogP contribution in [0.2, 0.25) is 4.47 Å². The summed E-state index contributed by atoms with van der Waals surface area (Å²) in [6.07, 6.45) is 51.4. The van der Waals surface area contributed by atoms with Crippen molar-refractivity contribution in [1.29, 1.82) is 0 Å². The van der Waals surface area contributed by atoms with Crippen LogP contribution in [0.4, 0.5) is 19.0 Å². The maximum Gasteiger partial charge on any atom is 0.185 e. The van der Waals surface area contributed by atoms with Gasteiger partial charge >= 0.3 is 0 Å². The molecule has 0 saturated carbocycles. The molecule has 0 spiro atoms. The number of nitrogens with zero attached hydrogens (tertiary/aromatic N) is 26. The second kappa shape index (κ2) is 45.4. The number of ether oxygens (including phenoxy) is 4. The molecule has 2 saturated heterocycles. The molecular formula is C98H89ClF2N26O8S3. The van der Waals surface area contributed by atoms with Gasteiger partial charge in [0.15, 0.2) is 39.9 Å². The lowest BCUT2D eigenvalue weighted by Gasteiger charge is -2.29. The Morgan fingerprint density at radius 2 is 0.826 bits per heavy atom. The highest BCUT2D eigenvalue weighted by Gasteiger charge is 2.27. The van der Waals surface area contributed by atoms with Gasteiger partial charge in [0.05, 0.1) is 119 Å². The van der Waals surface area contributed by atoms with Crippen LogP contribution in [0.5, 0.6) is 0 Å². The number of rotatable bonds is 19. The zero-order valence-corrected chi connectivity index (χ0v) is 77.9. The van der Waals surface area contributed by atoms with Crippen molar-refractivity contribution in [3.05, 3.63) is 404 Å². The molecule has 4 aliphatic heterocycles. The van der Waals surface area contributed by atoms with Gasteiger partial charge in [-0.05, 0) is 165 Å². The summed E-state index contributed by atoms with van der Waals surface area (Å²) < 4.78 is 59.3. The van der Waals surface area contributed by atoms with E-state index in [4.69, 9.17) is 35.5 Å². The van der Waals surface area contributed by atoms with Crippen molar-refractivity contribution in [1.82, 2.24) is 118 Å². The molecule has 0 radical (unpaired) electrons. The van der Waals surface area contributed by atoms with Crippen LogP contribution in [0.3, 0.4) is 0 Å². The number of imidazole rings is 2. The van der Waals surface area contributed by atoms with Crippen LogP contribution >= 0.6 is 45.6 Å². The Kier molecular flexibility index (Phi) is 31.1. The molecule has 19 aromatic rings. The van der Waals surface area contributed by atoms with Gasteiger partial charge in [-0.15, -0.1) is 22.7 Å². The Morgan fingerprint density at radius 1 is 0.420 bits per heavy atom. The van der Waals surface area contributed by atoms with Crippen molar-refractivity contribution in [3.63, 3.8) is 0 Å². The van der Waals surface area contributed by atoms with Crippen LogP contribution in [0, 0.1) is 39.3 Å². The van der Waals surface area contributed by atoms with Crippen molar-refractivity contribution in [2.75, 3.05) is 49.3 Å². The van der Waals surface area contributed by atoms with E-state index in [0.717, 1.165) is 154 Å². The Hall–Kier alpha value is -15.3. The van der Waals surface area contributed by atoms with Gasteiger partial charge in [-0.3, -0.25) is 44.5 Å². The number of aldehydes is 2. The van der Waals surface area contributed by atoms with E-state index in [1.165, 1.54) is 74.0 Å². The van der Waals surface area contributed by atoms with Gasteiger partial charge in [0.1, 0.15) is 35.5 Å². The number of aromatic nitrogens is 24. The van der Waals surface area contributed by atoms with Crippen LogP contribution in [-0.2, 0) is 51.3 Å². The number of pyridine rings is 7. The molecular weight excluding hydrogens is 1840 g/mol. The molecule has 2 aromatic carbocycles. The minimum absolute atomic E-state index is 0.259. The maximum absolute atomic E-state index is 12.6. The normalized spacial score (nSPS) is 13.7. The third kappa shape index (κ3) is 24.3. The third-order valence-electron chi connectivity index (χ3n) is 21.7. The van der Waals surface area contributed by atoms with Crippen LogP contribution in [0.25, 0.3) is 39.8 Å². The number of benzene rings is 2. The summed E-state index contributed by atoms with van der Waals surface area (Å²) in [5, 5.41) is 44.2. The number of hydrogen-bond donors (Lipinski definition) is 2. The Labute approximate surface area is 806 Å². The fourth-order valence-electron chi connectivity index (χ4n) is 15.2. The number of carbonyl (C=O) groups is 2. The predicted octanol–water partition coefficient (Wildman–Crippen LogP) is 16.0. The molecule has 0 bridgehead atoms. The number of halogens is 3. The molecule has 698 valence electrons. The molecule has 34 nitrogen and oxygen atoms in total. The van der Waals surface area contributed by atoms with E-state index < -0.39 is 24.3 Å². The average Bonchev–Trinajstić information content (AvgIpc) is 1.56. The second-order valence-electron chi connectivity index (χ2n) is 31.5. The summed E-state index contributed by atoms with van der Waals surface area (Å²) in [5.41, 5.74) is 19.0. The van der Waals surface area contributed by atoms with E-state index in [9.17, 15) is 28.6 Å². The molecule has 2 atom stereocenters. The predicted molar refractivity (Wildman–Crippen MR) is 513 cm³/mol. The van der Waals surface area contributed by atoms with Gasteiger partial charge in [-0.1, -0.05) is 35.1 Å². The zero-order valence-electron chi connectivity index (χ0n) is 74.7. The minimum atomic E-state index is -0.791. The lowest BCUT2D eigenvalue weighted by Crippen LogP contribution is -2.30. The molecule has 4 aliphatic rings. The van der Waals surface area contributed by atoms with Gasteiger partial charge in [-0.2, -0.15) is 25.5 Å². The topological polar surface area (TPSA) is 372 Å². The van der Waals surface area contributed by atoms with E-state index >= 15 is 0 Å². The summed E-state index contributed by atoms with van der Waals surface area (Å²) in [6.45, 7) is 14.1. The highest BCUT2D eigenvalue weighted by atomic mass is 35.5. The largest absolute Gasteiger partial charge is 0.383 e. The second-order valence-corrected chi connectivity index (χ2v) is 35.2. The smallest absolute Gasteiger partial charge is 0.185 e. The first-order valence-corrected chi connectivity index (χ1v) is 46.2. The molecule has 21 heterocycles. The van der Waals surface area contributed by atoms with Crippen molar-refractivity contribution in [2.24, 2.45) is 0 Å². The quantitative estimate of drug-likeness (QED) is 0.0710. The van der Waals surface area contributed by atoms with E-state index in [2.05, 4.69) is 161 Å². The van der Waals surface area contributed by atoms with Gasteiger partial charge < -0.3 is 48.1 Å². The molecule has 138 heavy (non-hydrogen) atoms. The molecule has 23 rings (SSSR count). The van der Waals surface area contributed by atoms with Gasteiger partial charge in [0, 0.05) is 219 Å². The minimum Gasteiger partial charge on any atom is -0.383 e. The highest BCUT2D eigenvalue weighted by Crippen LogP contribution is 2.37. The van der Waals surface area contributed by atoms with Gasteiger partial charge in [0.25, 0.3) is 0 Å². The lowest BCUT2D eigenvalue weighted by atomic mass is 9.99. The summed E-state index contributed by atoms with van der Waals surface area (Å²) in [6, 6.07) is 34.8. The molecule has 40 heteroatoms. The fraction of sp³-hybridized carbons (Fsp3) is 0.194. The average molecular weight is 1930 g/mol. The number of carbonyl (C=O) groups excluding carboxylic acids is 2. The van der Waals surface area contributed by atoms with E-state index in [1.54, 1.807) is 135 Å². The first-order valence-electron chi connectivity index (χ1n) is 43.4. The molecule has 17 aromatic heterocycles. The lowest BCUT2D eigenvalue weighted by molar-refractivity contribution is -0.0446. The van der Waals surface area contributed by atoms with Crippen molar-refractivity contribution < 1.29 is 47.5 Å². The Bertz CT molecular complexity index is 7190. The third-order valence-corrected chi connectivity index (χ3v) is 25.1. The van der Waals surface area contributed by atoms with Crippen molar-refractivity contribution in [3.8, 4) is 39.8 Å². The summed E-state index contributed by atoms with van der Waals surface area (Å²) in [4.78, 5) is 78.3. The van der Waals surface area contributed by atoms with Crippen LogP contribution in [-0.4, -0.2) is 180 Å². The first kappa shape index (κ1) is 94.5. The van der Waals surface area contributed by atoms with E-state index in [-0.39, 0.29) is 17.7 Å². The SMILES string of the molecule is Cc1cn(-c2ccc3c(c2)CN(c2ncc(C(O)c4cncc(-n5cccn5)c4)s2)CC3)c(C)n1.Cc1cn(-c2ccc3c(c2)CN(c2ncc(Cc4cncc(-n5cccn5)c4)s2)CC3)c(C)n1.Fc1cncc(C2OCCO2)c1.O=Cc1cncc(-n2cccn2)c1.O=Cc1cncc(F)c1.OC(c1cncc(-n2cccn2)c1)c1cnc(Cl)s1.c1cnn(-c2cncc(C3OCCO3)c2)c1. The maximum atomic E-state index is 12.6. The Balaban J connectivity index is 0.000000117. The van der Waals surface area contributed by atoms with Gasteiger partial charge in [0.2, 0.25) is 0 Å². The van der Waals surface area contributed by atoms with Gasteiger partial charge in [-0.25, -0.2) is 57.1 Å². The molecule has 0 amide bonds. The zero-order chi connectivity index (χ0) is 95.2. The summed E-state index contributed by atoms with van der Waals surface area (Å²) in [7, 11) is 0. The van der Waals surface area contributed by atoms with Crippen molar-refractivity contribution in [2.45, 2.75) is 84.8 Å². The number of thiazole rings is 3. The highest BCUT2D eigenvalue weighted by molar-refractivity contribution is 7.16. The number of aryl methyl sites for hydroxylation is 4. The Morgan fingerprint density at radius 3 is 1.27 bits per heavy atom.